The minimum absolute atomic E-state index is 0.00872. The molecule has 0 aliphatic carbocycles. The van der Waals surface area contributed by atoms with Crippen LogP contribution < -0.4 is 5.32 Å². The molecule has 0 radical (unpaired) electrons. The number of hydrogen-bond acceptors (Lipinski definition) is 5. The van der Waals surface area contributed by atoms with Gasteiger partial charge in [-0.1, -0.05) is 23.4 Å². The van der Waals surface area contributed by atoms with E-state index in [9.17, 15) is 9.18 Å². The van der Waals surface area contributed by atoms with Gasteiger partial charge in [-0.3, -0.25) is 9.48 Å². The number of nitrogens with one attached hydrogen (secondary N) is 1. The van der Waals surface area contributed by atoms with Gasteiger partial charge in [-0.15, -0.1) is 0 Å². The highest BCUT2D eigenvalue weighted by molar-refractivity contribution is 5.76. The van der Waals surface area contributed by atoms with Gasteiger partial charge in [-0.25, -0.2) is 4.39 Å². The maximum absolute atomic E-state index is 14.1. The summed E-state index contributed by atoms with van der Waals surface area (Å²) in [5.74, 6) is -0.271. The summed E-state index contributed by atoms with van der Waals surface area (Å²) in [4.78, 5) is 16.3. The van der Waals surface area contributed by atoms with Gasteiger partial charge in [0.2, 0.25) is 11.8 Å². The van der Waals surface area contributed by atoms with Gasteiger partial charge in [0.15, 0.2) is 5.82 Å². The van der Waals surface area contributed by atoms with Crippen molar-refractivity contribution in [2.24, 2.45) is 0 Å². The molecule has 1 aromatic carbocycles. The van der Waals surface area contributed by atoms with E-state index in [1.54, 1.807) is 43.6 Å². The first-order chi connectivity index (χ1) is 11.1. The Balaban J connectivity index is 1.86. The van der Waals surface area contributed by atoms with Crippen molar-refractivity contribution in [3.8, 4) is 0 Å². The molecule has 1 atom stereocenters. The summed E-state index contributed by atoms with van der Waals surface area (Å²) in [5.41, 5.74) is 0.266. The number of rotatable bonds is 5. The smallest absolute Gasteiger partial charge is 0.242 e. The summed E-state index contributed by atoms with van der Waals surface area (Å²) in [7, 11) is 0. The molecule has 7 nitrogen and oxygen atoms in total. The van der Waals surface area contributed by atoms with Crippen LogP contribution in [0, 0.1) is 12.7 Å². The molecule has 2 heterocycles. The van der Waals surface area contributed by atoms with E-state index >= 15 is 0 Å². The van der Waals surface area contributed by atoms with E-state index in [-0.39, 0.29) is 23.8 Å². The molecule has 23 heavy (non-hydrogen) atoms. The lowest BCUT2D eigenvalue weighted by molar-refractivity contribution is -0.122. The van der Waals surface area contributed by atoms with Crippen LogP contribution in [0.4, 0.5) is 4.39 Å². The maximum Gasteiger partial charge on any atom is 0.242 e. The summed E-state index contributed by atoms with van der Waals surface area (Å²) in [6, 6.07) is 7.01. The van der Waals surface area contributed by atoms with E-state index in [1.807, 2.05) is 0 Å². The van der Waals surface area contributed by atoms with Crippen molar-refractivity contribution < 1.29 is 13.7 Å². The Morgan fingerprint density at radius 1 is 1.39 bits per heavy atom. The zero-order valence-electron chi connectivity index (χ0n) is 12.3. The van der Waals surface area contributed by atoms with E-state index in [4.69, 9.17) is 4.52 Å². The van der Waals surface area contributed by atoms with Crippen LogP contribution in [0.5, 0.6) is 0 Å². The Bertz CT molecular complexity index is 800. The summed E-state index contributed by atoms with van der Waals surface area (Å²) in [5, 5.41) is 10.5. The lowest BCUT2D eigenvalue weighted by atomic mass is 10.1. The van der Waals surface area contributed by atoms with Gasteiger partial charge in [0, 0.05) is 24.9 Å². The van der Waals surface area contributed by atoms with Crippen LogP contribution >= 0.6 is 0 Å². The predicted octanol–water partition coefficient (Wildman–Crippen LogP) is 1.62. The minimum Gasteiger partial charge on any atom is -0.340 e. The van der Waals surface area contributed by atoms with Crippen molar-refractivity contribution in [3.05, 3.63) is 65.8 Å². The third-order valence-electron chi connectivity index (χ3n) is 3.19. The molecule has 3 rings (SSSR count). The van der Waals surface area contributed by atoms with Crippen molar-refractivity contribution in [3.63, 3.8) is 0 Å². The van der Waals surface area contributed by atoms with Crippen LogP contribution in [-0.2, 0) is 11.3 Å². The second kappa shape index (κ2) is 6.39. The zero-order valence-corrected chi connectivity index (χ0v) is 12.3. The highest BCUT2D eigenvalue weighted by Crippen LogP contribution is 2.22. The second-order valence-corrected chi connectivity index (χ2v) is 4.90. The van der Waals surface area contributed by atoms with Gasteiger partial charge in [-0.2, -0.15) is 10.1 Å². The summed E-state index contributed by atoms with van der Waals surface area (Å²) >= 11 is 0. The van der Waals surface area contributed by atoms with Crippen LogP contribution in [0.3, 0.4) is 0 Å². The average Bonchev–Trinajstić information content (AvgIpc) is 3.17. The van der Waals surface area contributed by atoms with Crippen molar-refractivity contribution in [1.82, 2.24) is 25.2 Å². The first kappa shape index (κ1) is 14.9. The number of carbonyl (C=O) groups excluding carboxylic acids is 1. The van der Waals surface area contributed by atoms with Crippen LogP contribution in [0.25, 0.3) is 0 Å². The van der Waals surface area contributed by atoms with Gasteiger partial charge in [0.1, 0.15) is 18.4 Å². The number of aromatic nitrogens is 4. The highest BCUT2D eigenvalue weighted by Gasteiger charge is 2.24. The normalized spacial score (nSPS) is 12.1. The lowest BCUT2D eigenvalue weighted by Gasteiger charge is -2.16. The predicted molar refractivity (Wildman–Crippen MR) is 77.6 cm³/mol. The Morgan fingerprint density at radius 3 is 2.87 bits per heavy atom. The lowest BCUT2D eigenvalue weighted by Crippen LogP contribution is -2.33. The molecule has 2 aromatic heterocycles. The number of carbonyl (C=O) groups is 1. The number of hydrogen-bond donors (Lipinski definition) is 1. The number of benzene rings is 1. The second-order valence-electron chi connectivity index (χ2n) is 4.90. The molecule has 0 aliphatic rings. The Morgan fingerprint density at radius 2 is 2.22 bits per heavy atom. The topological polar surface area (TPSA) is 85.8 Å². The molecule has 0 bridgehead atoms. The monoisotopic (exact) mass is 315 g/mol. The molecule has 3 aromatic rings. The molecule has 0 unspecified atom stereocenters. The Kier molecular flexibility index (Phi) is 4.13. The first-order valence-electron chi connectivity index (χ1n) is 6.95. The minimum atomic E-state index is -0.836. The fourth-order valence-corrected chi connectivity index (χ4v) is 2.17. The molecule has 1 N–H and O–H groups in total. The molecule has 0 fully saturated rings. The van der Waals surface area contributed by atoms with Gasteiger partial charge in [0.05, 0.1) is 0 Å². The van der Waals surface area contributed by atoms with E-state index in [2.05, 4.69) is 20.6 Å². The fourth-order valence-electron chi connectivity index (χ4n) is 2.17. The number of aryl methyl sites for hydroxylation is 1. The average molecular weight is 315 g/mol. The summed E-state index contributed by atoms with van der Waals surface area (Å²) in [6.07, 6.45) is 3.24. The summed E-state index contributed by atoms with van der Waals surface area (Å²) < 4.78 is 20.5. The SMILES string of the molecule is Cc1nc([C@H](NC(=O)Cn2cccn2)c2ccccc2F)no1. The number of amides is 1. The molecule has 0 spiro atoms. The highest BCUT2D eigenvalue weighted by atomic mass is 19.1. The maximum atomic E-state index is 14.1. The van der Waals surface area contributed by atoms with Gasteiger partial charge >= 0.3 is 0 Å². The number of halogens is 1. The van der Waals surface area contributed by atoms with Gasteiger partial charge in [-0.05, 0) is 12.1 Å². The molecule has 0 saturated heterocycles. The third-order valence-corrected chi connectivity index (χ3v) is 3.19. The van der Waals surface area contributed by atoms with Crippen LogP contribution in [0.1, 0.15) is 23.3 Å². The third kappa shape index (κ3) is 3.42. The fraction of sp³-hybridized carbons (Fsp3) is 0.200. The van der Waals surface area contributed by atoms with E-state index in [0.29, 0.717) is 5.89 Å². The van der Waals surface area contributed by atoms with Crippen LogP contribution in [-0.4, -0.2) is 25.8 Å². The number of nitrogens with zero attached hydrogens (tertiary/aromatic N) is 4. The Labute approximate surface area is 131 Å². The molecule has 8 heteroatoms. The summed E-state index contributed by atoms with van der Waals surface area (Å²) in [6.45, 7) is 1.63. The Hall–Kier alpha value is -3.03. The molecule has 1 amide bonds. The van der Waals surface area contributed by atoms with E-state index in [1.165, 1.54) is 10.7 Å². The zero-order chi connectivity index (χ0) is 16.2. The van der Waals surface area contributed by atoms with Crippen molar-refractivity contribution >= 4 is 5.91 Å². The molecule has 0 aliphatic heterocycles. The molecular formula is C15H14FN5O2. The van der Waals surface area contributed by atoms with Crippen LogP contribution in [0.15, 0.2) is 47.2 Å². The standard InChI is InChI=1S/C15H14FN5O2/c1-10-18-15(20-23-10)14(11-5-2-3-6-12(11)16)19-13(22)9-21-8-4-7-17-21/h2-8,14H,9H2,1H3,(H,19,22)/t14-/m1/s1. The quantitative estimate of drug-likeness (QED) is 0.773. The van der Waals surface area contributed by atoms with Gasteiger partial charge < -0.3 is 9.84 Å². The van der Waals surface area contributed by atoms with Crippen molar-refractivity contribution in [2.75, 3.05) is 0 Å². The van der Waals surface area contributed by atoms with Gasteiger partial charge in [0.25, 0.3) is 0 Å². The molecule has 118 valence electrons. The largest absolute Gasteiger partial charge is 0.340 e. The van der Waals surface area contributed by atoms with Crippen molar-refractivity contribution in [1.29, 1.82) is 0 Å². The molecule has 0 saturated carbocycles. The van der Waals surface area contributed by atoms with E-state index < -0.39 is 11.9 Å². The first-order valence-corrected chi connectivity index (χ1v) is 6.95. The molecular weight excluding hydrogens is 301 g/mol. The van der Waals surface area contributed by atoms with E-state index in [0.717, 1.165) is 0 Å². The van der Waals surface area contributed by atoms with Crippen LogP contribution in [0.2, 0.25) is 0 Å². The van der Waals surface area contributed by atoms with Crippen molar-refractivity contribution in [2.45, 2.75) is 19.5 Å².